The van der Waals surface area contributed by atoms with Crippen LogP contribution in [0.1, 0.15) is 23.6 Å². The number of rotatable bonds is 6. The fourth-order valence-electron chi connectivity index (χ4n) is 3.16. The molecule has 0 fully saturated rings. The van der Waals surface area contributed by atoms with Crippen LogP contribution in [0.2, 0.25) is 0 Å². The lowest BCUT2D eigenvalue weighted by molar-refractivity contribution is -0.130. The Morgan fingerprint density at radius 3 is 2.62 bits per heavy atom. The van der Waals surface area contributed by atoms with Gasteiger partial charge in [-0.15, -0.1) is 10.2 Å². The second-order valence-corrected chi connectivity index (χ2v) is 7.40. The number of hydrogen-bond acceptors (Lipinski definition) is 7. The van der Waals surface area contributed by atoms with Crippen molar-refractivity contribution in [1.29, 1.82) is 0 Å². The zero-order valence-electron chi connectivity index (χ0n) is 15.8. The Morgan fingerprint density at radius 1 is 1.21 bits per heavy atom. The molecule has 9 heteroatoms. The number of aromatic nitrogens is 3. The Kier molecular flexibility index (Phi) is 5.48. The highest BCUT2D eigenvalue weighted by Gasteiger charge is 2.33. The quantitative estimate of drug-likeness (QED) is 0.497. The predicted molar refractivity (Wildman–Crippen MR) is 111 cm³/mol. The topological polar surface area (TPSA) is 98.6 Å². The van der Waals surface area contributed by atoms with Crippen molar-refractivity contribution in [3.05, 3.63) is 72.1 Å². The fourth-order valence-corrected chi connectivity index (χ4v) is 3.84. The molecule has 2 N–H and O–H groups in total. The Morgan fingerprint density at radius 2 is 1.97 bits per heavy atom. The van der Waals surface area contributed by atoms with Crippen molar-refractivity contribution in [2.75, 3.05) is 18.7 Å². The maximum atomic E-state index is 13.0. The molecule has 148 valence electrons. The van der Waals surface area contributed by atoms with E-state index in [0.717, 1.165) is 22.6 Å². The smallest absolute Gasteiger partial charge is 0.253 e. The zero-order valence-corrected chi connectivity index (χ0v) is 16.6. The monoisotopic (exact) mass is 408 g/mol. The van der Waals surface area contributed by atoms with Gasteiger partial charge >= 0.3 is 0 Å². The van der Waals surface area contributed by atoms with E-state index in [0.29, 0.717) is 11.6 Å². The lowest BCUT2D eigenvalue weighted by Gasteiger charge is -2.22. The first-order chi connectivity index (χ1) is 14.2. The third-order valence-electron chi connectivity index (χ3n) is 4.64. The van der Waals surface area contributed by atoms with Gasteiger partial charge in [-0.1, -0.05) is 54.2 Å². The molecular formula is C20H20N6O2S. The molecule has 4 rings (SSSR count). The molecule has 3 aromatic rings. The molecule has 2 aromatic carbocycles. The maximum absolute atomic E-state index is 13.0. The average molecular weight is 408 g/mol. The van der Waals surface area contributed by atoms with E-state index in [9.17, 15) is 4.79 Å². The van der Waals surface area contributed by atoms with Crippen molar-refractivity contribution >= 4 is 23.4 Å². The van der Waals surface area contributed by atoms with Gasteiger partial charge in [-0.05, 0) is 23.3 Å². The summed E-state index contributed by atoms with van der Waals surface area (Å²) in [5.41, 5.74) is 2.89. The summed E-state index contributed by atoms with van der Waals surface area (Å²) in [5.74, 6) is 6.54. The van der Waals surface area contributed by atoms with Gasteiger partial charge in [0.2, 0.25) is 5.16 Å². The van der Waals surface area contributed by atoms with Crippen molar-refractivity contribution in [1.82, 2.24) is 19.9 Å². The van der Waals surface area contributed by atoms with Crippen molar-refractivity contribution < 1.29 is 9.53 Å². The van der Waals surface area contributed by atoms with Gasteiger partial charge in [0.1, 0.15) is 12.1 Å². The first-order valence-electron chi connectivity index (χ1n) is 9.02. The summed E-state index contributed by atoms with van der Waals surface area (Å²) >= 11 is 1.23. The molecule has 0 saturated heterocycles. The number of nitrogen functional groups attached to an aromatic ring is 1. The van der Waals surface area contributed by atoms with Gasteiger partial charge in [-0.2, -0.15) is 5.10 Å². The minimum Gasteiger partial charge on any atom is -0.497 e. The fraction of sp³-hybridized carbons (Fsp3) is 0.200. The summed E-state index contributed by atoms with van der Waals surface area (Å²) in [6.07, 6.45) is 2.04. The second-order valence-electron chi connectivity index (χ2n) is 6.45. The number of methoxy groups -OCH3 is 1. The van der Waals surface area contributed by atoms with E-state index >= 15 is 0 Å². The lowest BCUT2D eigenvalue weighted by Crippen LogP contribution is -2.28. The number of carbonyl (C=O) groups excluding carboxylic acids is 1. The van der Waals surface area contributed by atoms with E-state index in [1.54, 1.807) is 12.1 Å². The molecule has 29 heavy (non-hydrogen) atoms. The number of hydrogen-bond donors (Lipinski definition) is 1. The summed E-state index contributed by atoms with van der Waals surface area (Å²) in [6, 6.07) is 17.4. The Balaban J connectivity index is 1.58. The third-order valence-corrected chi connectivity index (χ3v) is 5.58. The van der Waals surface area contributed by atoms with Gasteiger partial charge in [0, 0.05) is 6.42 Å². The van der Waals surface area contributed by atoms with Crippen LogP contribution in [0.15, 0.2) is 71.2 Å². The molecule has 0 spiro atoms. The Bertz CT molecular complexity index is 1020. The standard InChI is InChI=1S/C20H20N6O2S/c1-28-16-9-7-15(8-10-16)18-11-17(14-5-3-2-4-6-14)24-26(18)19(27)12-29-20-23-22-13-25(20)21/h2-10,13,18H,11-12,21H2,1H3/t18-/m1/s1. The van der Waals surface area contributed by atoms with Crippen LogP contribution in [0.5, 0.6) is 5.75 Å². The van der Waals surface area contributed by atoms with Gasteiger partial charge < -0.3 is 10.6 Å². The summed E-state index contributed by atoms with van der Waals surface area (Å²) in [4.78, 5) is 13.0. The van der Waals surface area contributed by atoms with Gasteiger partial charge in [-0.25, -0.2) is 9.69 Å². The highest BCUT2D eigenvalue weighted by Crippen LogP contribution is 2.34. The molecule has 8 nitrogen and oxygen atoms in total. The number of nitrogens with zero attached hydrogens (tertiary/aromatic N) is 5. The van der Waals surface area contributed by atoms with Crippen molar-refractivity contribution in [3.63, 3.8) is 0 Å². The van der Waals surface area contributed by atoms with Gasteiger partial charge in [0.25, 0.3) is 5.91 Å². The predicted octanol–water partition coefficient (Wildman–Crippen LogP) is 2.47. The molecule has 0 aliphatic carbocycles. The van der Waals surface area contributed by atoms with Crippen molar-refractivity contribution in [2.45, 2.75) is 17.6 Å². The molecule has 1 aliphatic rings. The largest absolute Gasteiger partial charge is 0.497 e. The van der Waals surface area contributed by atoms with Crippen LogP contribution < -0.4 is 10.6 Å². The number of benzene rings is 2. The molecule has 1 amide bonds. The minimum atomic E-state index is -0.181. The normalized spacial score (nSPS) is 16.0. The summed E-state index contributed by atoms with van der Waals surface area (Å²) in [7, 11) is 1.63. The van der Waals surface area contributed by atoms with E-state index in [2.05, 4.69) is 15.3 Å². The maximum Gasteiger partial charge on any atom is 0.253 e. The highest BCUT2D eigenvalue weighted by atomic mass is 32.2. The Hall–Kier alpha value is -3.33. The molecule has 1 aromatic heterocycles. The molecular weight excluding hydrogens is 388 g/mol. The first kappa shape index (κ1) is 19.0. The number of thioether (sulfide) groups is 1. The van der Waals surface area contributed by atoms with Crippen LogP contribution in [0.4, 0.5) is 0 Å². The van der Waals surface area contributed by atoms with E-state index in [1.807, 2.05) is 54.6 Å². The molecule has 1 atom stereocenters. The van der Waals surface area contributed by atoms with Gasteiger partial charge in [0.15, 0.2) is 0 Å². The molecule has 2 heterocycles. The van der Waals surface area contributed by atoms with Crippen LogP contribution in [0, 0.1) is 0 Å². The van der Waals surface area contributed by atoms with E-state index in [1.165, 1.54) is 22.8 Å². The highest BCUT2D eigenvalue weighted by molar-refractivity contribution is 7.99. The van der Waals surface area contributed by atoms with E-state index in [4.69, 9.17) is 10.6 Å². The number of nitrogens with two attached hydrogens (primary N) is 1. The van der Waals surface area contributed by atoms with Crippen molar-refractivity contribution in [3.8, 4) is 5.75 Å². The van der Waals surface area contributed by atoms with Crippen LogP contribution in [0.3, 0.4) is 0 Å². The van der Waals surface area contributed by atoms with Gasteiger partial charge in [-0.3, -0.25) is 4.79 Å². The van der Waals surface area contributed by atoms with E-state index < -0.39 is 0 Å². The summed E-state index contributed by atoms with van der Waals surface area (Å²) in [6.45, 7) is 0. The van der Waals surface area contributed by atoms with Crippen LogP contribution in [-0.4, -0.2) is 44.4 Å². The summed E-state index contributed by atoms with van der Waals surface area (Å²) < 4.78 is 6.54. The van der Waals surface area contributed by atoms with Crippen LogP contribution in [-0.2, 0) is 4.79 Å². The molecule has 0 unspecified atom stereocenters. The number of ether oxygens (including phenoxy) is 1. The third kappa shape index (κ3) is 4.09. The van der Waals surface area contributed by atoms with E-state index in [-0.39, 0.29) is 17.7 Å². The lowest BCUT2D eigenvalue weighted by atomic mass is 9.98. The van der Waals surface area contributed by atoms with Gasteiger partial charge in [0.05, 0.1) is 24.6 Å². The Labute approximate surface area is 172 Å². The molecule has 0 radical (unpaired) electrons. The second kappa shape index (κ2) is 8.36. The molecule has 0 saturated carbocycles. The number of carbonyl (C=O) groups is 1. The van der Waals surface area contributed by atoms with Crippen LogP contribution >= 0.6 is 11.8 Å². The van der Waals surface area contributed by atoms with Crippen LogP contribution in [0.25, 0.3) is 0 Å². The first-order valence-corrected chi connectivity index (χ1v) is 10.0. The number of amides is 1. The molecule has 1 aliphatic heterocycles. The minimum absolute atomic E-state index is 0.121. The molecule has 0 bridgehead atoms. The SMILES string of the molecule is COc1ccc([C@H]2CC(c3ccccc3)=NN2C(=O)CSc2nncn2N)cc1. The van der Waals surface area contributed by atoms with Crippen molar-refractivity contribution in [2.24, 2.45) is 5.10 Å². The average Bonchev–Trinajstić information content (AvgIpc) is 3.39. The zero-order chi connectivity index (χ0) is 20.2. The summed E-state index contributed by atoms with van der Waals surface area (Å²) in [5, 5.41) is 14.3. The number of hydrazone groups is 1.